The van der Waals surface area contributed by atoms with E-state index in [9.17, 15) is 4.39 Å². The van der Waals surface area contributed by atoms with Crippen molar-refractivity contribution in [2.24, 2.45) is 0 Å². The van der Waals surface area contributed by atoms with Crippen LogP contribution >= 0.6 is 0 Å². The summed E-state index contributed by atoms with van der Waals surface area (Å²) in [5, 5.41) is 14.7. The molecular weight excluding hydrogens is 233 g/mol. The van der Waals surface area contributed by atoms with Crippen molar-refractivity contribution in [2.75, 3.05) is 6.54 Å². The Balaban J connectivity index is 2.27. The zero-order valence-corrected chi connectivity index (χ0v) is 10.5. The standard InChI is InChI=1S/C12H16FN5/c1-3-6-14-8-12-15-16-17-18(12)11-7-10(13)5-4-9(11)2/h4-5,7,14H,3,6,8H2,1-2H3. The number of hydrogen-bond donors (Lipinski definition) is 1. The third-order valence-electron chi connectivity index (χ3n) is 2.64. The molecular formula is C12H16FN5. The molecule has 1 N–H and O–H groups in total. The Kier molecular flexibility index (Phi) is 3.99. The van der Waals surface area contributed by atoms with Crippen molar-refractivity contribution in [1.82, 2.24) is 25.5 Å². The normalized spacial score (nSPS) is 10.8. The number of aryl methyl sites for hydroxylation is 1. The van der Waals surface area contributed by atoms with E-state index in [4.69, 9.17) is 0 Å². The van der Waals surface area contributed by atoms with Crippen molar-refractivity contribution in [3.8, 4) is 5.69 Å². The van der Waals surface area contributed by atoms with Crippen LogP contribution in [0, 0.1) is 12.7 Å². The molecule has 2 rings (SSSR count). The summed E-state index contributed by atoms with van der Waals surface area (Å²) in [6, 6.07) is 4.59. The van der Waals surface area contributed by atoms with Gasteiger partial charge in [0.2, 0.25) is 0 Å². The molecule has 0 spiro atoms. The molecule has 0 atom stereocenters. The number of hydrogen-bond acceptors (Lipinski definition) is 4. The first kappa shape index (κ1) is 12.6. The second kappa shape index (κ2) is 5.68. The van der Waals surface area contributed by atoms with E-state index in [1.54, 1.807) is 10.7 Å². The van der Waals surface area contributed by atoms with E-state index in [2.05, 4.69) is 27.8 Å². The monoisotopic (exact) mass is 249 g/mol. The molecule has 96 valence electrons. The number of tetrazole rings is 1. The largest absolute Gasteiger partial charge is 0.310 e. The van der Waals surface area contributed by atoms with Gasteiger partial charge >= 0.3 is 0 Å². The molecule has 6 heteroatoms. The Morgan fingerprint density at radius 1 is 1.39 bits per heavy atom. The molecule has 0 aliphatic carbocycles. The fourth-order valence-electron chi connectivity index (χ4n) is 1.69. The minimum atomic E-state index is -0.293. The van der Waals surface area contributed by atoms with Gasteiger partial charge in [-0.3, -0.25) is 0 Å². The first-order valence-corrected chi connectivity index (χ1v) is 5.97. The van der Waals surface area contributed by atoms with Crippen molar-refractivity contribution in [3.63, 3.8) is 0 Å². The first-order chi connectivity index (χ1) is 8.72. The van der Waals surface area contributed by atoms with E-state index in [1.807, 2.05) is 6.92 Å². The lowest BCUT2D eigenvalue weighted by atomic mass is 10.2. The van der Waals surface area contributed by atoms with Crippen molar-refractivity contribution >= 4 is 0 Å². The highest BCUT2D eigenvalue weighted by Gasteiger charge is 2.10. The Bertz CT molecular complexity index is 523. The summed E-state index contributed by atoms with van der Waals surface area (Å²) in [4.78, 5) is 0. The zero-order chi connectivity index (χ0) is 13.0. The fraction of sp³-hybridized carbons (Fsp3) is 0.417. The first-order valence-electron chi connectivity index (χ1n) is 5.97. The summed E-state index contributed by atoms with van der Waals surface area (Å²) in [6.07, 6.45) is 1.04. The zero-order valence-electron chi connectivity index (χ0n) is 10.5. The summed E-state index contributed by atoms with van der Waals surface area (Å²) in [5.41, 5.74) is 1.61. The molecule has 2 aromatic rings. The second-order valence-electron chi connectivity index (χ2n) is 4.11. The molecule has 1 heterocycles. The molecule has 0 aliphatic heterocycles. The Labute approximate surface area is 105 Å². The van der Waals surface area contributed by atoms with Crippen LogP contribution in [0.15, 0.2) is 18.2 Å². The maximum Gasteiger partial charge on any atom is 0.170 e. The topological polar surface area (TPSA) is 55.6 Å². The summed E-state index contributed by atoms with van der Waals surface area (Å²) in [6.45, 7) is 5.46. The number of rotatable bonds is 5. The number of benzene rings is 1. The molecule has 0 saturated carbocycles. The van der Waals surface area contributed by atoms with Gasteiger partial charge in [0, 0.05) is 0 Å². The van der Waals surface area contributed by atoms with Crippen LogP contribution in [0.3, 0.4) is 0 Å². The average molecular weight is 249 g/mol. The van der Waals surface area contributed by atoms with Gasteiger partial charge in [-0.1, -0.05) is 13.0 Å². The van der Waals surface area contributed by atoms with Gasteiger partial charge < -0.3 is 5.32 Å². The predicted octanol–water partition coefficient (Wildman–Crippen LogP) is 1.61. The van der Waals surface area contributed by atoms with Crippen LogP contribution in [-0.4, -0.2) is 26.8 Å². The van der Waals surface area contributed by atoms with Crippen LogP contribution in [0.25, 0.3) is 5.69 Å². The van der Waals surface area contributed by atoms with Crippen molar-refractivity contribution in [1.29, 1.82) is 0 Å². The minimum Gasteiger partial charge on any atom is -0.310 e. The lowest BCUT2D eigenvalue weighted by molar-refractivity contribution is 0.615. The lowest BCUT2D eigenvalue weighted by Crippen LogP contribution is -2.18. The SMILES string of the molecule is CCCNCc1nnnn1-c1cc(F)ccc1C. The average Bonchev–Trinajstić information content (AvgIpc) is 2.81. The van der Waals surface area contributed by atoms with Crippen molar-refractivity contribution in [2.45, 2.75) is 26.8 Å². The predicted molar refractivity (Wildman–Crippen MR) is 65.8 cm³/mol. The molecule has 0 radical (unpaired) electrons. The summed E-state index contributed by atoms with van der Waals surface area (Å²) >= 11 is 0. The van der Waals surface area contributed by atoms with Gasteiger partial charge in [0.15, 0.2) is 5.82 Å². The van der Waals surface area contributed by atoms with Gasteiger partial charge in [-0.2, -0.15) is 4.68 Å². The van der Waals surface area contributed by atoms with E-state index in [0.717, 1.165) is 18.5 Å². The smallest absolute Gasteiger partial charge is 0.170 e. The maximum absolute atomic E-state index is 13.3. The number of nitrogens with zero attached hydrogens (tertiary/aromatic N) is 4. The van der Waals surface area contributed by atoms with E-state index >= 15 is 0 Å². The van der Waals surface area contributed by atoms with Gasteiger partial charge in [-0.05, 0) is 48.0 Å². The Morgan fingerprint density at radius 3 is 3.00 bits per heavy atom. The maximum atomic E-state index is 13.3. The molecule has 0 amide bonds. The van der Waals surface area contributed by atoms with Gasteiger partial charge in [-0.15, -0.1) is 5.10 Å². The van der Waals surface area contributed by atoms with Crippen LogP contribution in [0.4, 0.5) is 4.39 Å². The molecule has 0 bridgehead atoms. The highest BCUT2D eigenvalue weighted by atomic mass is 19.1. The van der Waals surface area contributed by atoms with Crippen LogP contribution < -0.4 is 5.32 Å². The van der Waals surface area contributed by atoms with Crippen molar-refractivity contribution < 1.29 is 4.39 Å². The molecule has 1 aromatic heterocycles. The Hall–Kier alpha value is -1.82. The van der Waals surface area contributed by atoms with Gasteiger partial charge in [0.05, 0.1) is 12.2 Å². The van der Waals surface area contributed by atoms with E-state index in [1.165, 1.54) is 12.1 Å². The third kappa shape index (κ3) is 2.70. The van der Waals surface area contributed by atoms with E-state index < -0.39 is 0 Å². The highest BCUT2D eigenvalue weighted by Crippen LogP contribution is 2.15. The van der Waals surface area contributed by atoms with Crippen LogP contribution in [0.2, 0.25) is 0 Å². The molecule has 5 nitrogen and oxygen atoms in total. The molecule has 0 fully saturated rings. The van der Waals surface area contributed by atoms with E-state index in [0.29, 0.717) is 18.1 Å². The van der Waals surface area contributed by atoms with E-state index in [-0.39, 0.29) is 5.82 Å². The van der Waals surface area contributed by atoms with Crippen LogP contribution in [-0.2, 0) is 6.54 Å². The second-order valence-corrected chi connectivity index (χ2v) is 4.11. The molecule has 18 heavy (non-hydrogen) atoms. The number of aromatic nitrogens is 4. The molecule has 0 unspecified atom stereocenters. The van der Waals surface area contributed by atoms with Gasteiger partial charge in [0.1, 0.15) is 5.82 Å². The number of halogens is 1. The molecule has 0 aliphatic rings. The molecule has 0 saturated heterocycles. The van der Waals surface area contributed by atoms with Crippen LogP contribution in [0.1, 0.15) is 24.7 Å². The summed E-state index contributed by atoms with van der Waals surface area (Å²) in [7, 11) is 0. The lowest BCUT2D eigenvalue weighted by Gasteiger charge is -2.08. The third-order valence-corrected chi connectivity index (χ3v) is 2.64. The minimum absolute atomic E-state index is 0.293. The molecule has 1 aromatic carbocycles. The number of nitrogens with one attached hydrogen (secondary N) is 1. The summed E-state index contributed by atoms with van der Waals surface area (Å²) < 4.78 is 14.9. The quantitative estimate of drug-likeness (QED) is 0.818. The van der Waals surface area contributed by atoms with Crippen LogP contribution in [0.5, 0.6) is 0 Å². The van der Waals surface area contributed by atoms with Crippen molar-refractivity contribution in [3.05, 3.63) is 35.4 Å². The Morgan fingerprint density at radius 2 is 2.22 bits per heavy atom. The summed E-state index contributed by atoms with van der Waals surface area (Å²) in [5.74, 6) is 0.385. The highest BCUT2D eigenvalue weighted by molar-refractivity contribution is 5.40. The van der Waals surface area contributed by atoms with Gasteiger partial charge in [-0.25, -0.2) is 4.39 Å². The van der Waals surface area contributed by atoms with Gasteiger partial charge in [0.25, 0.3) is 0 Å². The fourth-order valence-corrected chi connectivity index (χ4v) is 1.69.